The molecule has 1 saturated carbocycles. The van der Waals surface area contributed by atoms with Crippen LogP contribution in [-0.4, -0.2) is 6.04 Å². The van der Waals surface area contributed by atoms with Crippen molar-refractivity contribution in [3.63, 3.8) is 0 Å². The Morgan fingerprint density at radius 3 is 1.52 bits per heavy atom. The summed E-state index contributed by atoms with van der Waals surface area (Å²) in [5, 5.41) is 0. The van der Waals surface area contributed by atoms with Crippen LogP contribution in [0.1, 0.15) is 86.4 Å². The molecular formula is C51H47N. The third-order valence-corrected chi connectivity index (χ3v) is 11.0. The number of aryl methyl sites for hydroxylation is 4. The molecule has 0 radical (unpaired) electrons. The van der Waals surface area contributed by atoms with Crippen LogP contribution >= 0.6 is 0 Å². The van der Waals surface area contributed by atoms with Gasteiger partial charge in [0.2, 0.25) is 0 Å². The predicted molar refractivity (Wildman–Crippen MR) is 223 cm³/mol. The summed E-state index contributed by atoms with van der Waals surface area (Å²) in [7, 11) is 0. The highest BCUT2D eigenvalue weighted by molar-refractivity contribution is 5.92. The highest BCUT2D eigenvalue weighted by Crippen LogP contribution is 2.52. The molecule has 0 bridgehead atoms. The smallest absolute Gasteiger partial charge is 0.0450 e. The van der Waals surface area contributed by atoms with E-state index in [-0.39, 0.29) is 0 Å². The molecule has 1 nitrogen and oxygen atoms in total. The maximum absolute atomic E-state index is 2.63. The van der Waals surface area contributed by atoms with Gasteiger partial charge < -0.3 is 4.90 Å². The second kappa shape index (κ2) is 14.5. The van der Waals surface area contributed by atoms with Gasteiger partial charge >= 0.3 is 0 Å². The molecule has 1 heteroatoms. The van der Waals surface area contributed by atoms with Crippen molar-refractivity contribution in [3.8, 4) is 0 Å². The van der Waals surface area contributed by atoms with E-state index in [1.165, 1.54) is 103 Å². The van der Waals surface area contributed by atoms with E-state index >= 15 is 0 Å². The molecule has 0 amide bonds. The molecule has 1 aliphatic carbocycles. The minimum Gasteiger partial charge on any atom is -0.338 e. The number of fused-ring (bicyclic) bond motifs is 3. The van der Waals surface area contributed by atoms with Gasteiger partial charge in [0.1, 0.15) is 0 Å². The fourth-order valence-electron chi connectivity index (χ4n) is 8.09. The topological polar surface area (TPSA) is 3.24 Å². The summed E-state index contributed by atoms with van der Waals surface area (Å²) in [6.45, 7) is 8.59. The van der Waals surface area contributed by atoms with Gasteiger partial charge in [0.25, 0.3) is 0 Å². The quantitative estimate of drug-likeness (QED) is 0.115. The second-order valence-electron chi connectivity index (χ2n) is 14.8. The maximum Gasteiger partial charge on any atom is 0.0450 e. The summed E-state index contributed by atoms with van der Waals surface area (Å²) in [4.78, 5) is 2.63. The Bertz CT molecular complexity index is 2170. The minimum absolute atomic E-state index is 0.513. The summed E-state index contributed by atoms with van der Waals surface area (Å²) in [6, 6.07) is 52.4. The molecule has 8 rings (SSSR count). The van der Waals surface area contributed by atoms with E-state index in [1.807, 2.05) is 0 Å². The van der Waals surface area contributed by atoms with E-state index in [0.29, 0.717) is 12.0 Å². The van der Waals surface area contributed by atoms with Crippen molar-refractivity contribution in [1.29, 1.82) is 0 Å². The van der Waals surface area contributed by atoms with Gasteiger partial charge in [0.15, 0.2) is 0 Å². The van der Waals surface area contributed by atoms with Crippen molar-refractivity contribution in [1.82, 2.24) is 0 Å². The van der Waals surface area contributed by atoms with Crippen LogP contribution in [0.5, 0.6) is 0 Å². The summed E-state index contributed by atoms with van der Waals surface area (Å²) in [6.07, 6.45) is 12.8. The molecule has 2 aliphatic rings. The molecule has 0 spiro atoms. The molecule has 0 N–H and O–H groups in total. The molecule has 2 unspecified atom stereocenters. The highest BCUT2D eigenvalue weighted by atomic mass is 15.2. The Morgan fingerprint density at radius 2 is 1.00 bits per heavy atom. The molecule has 0 aromatic heterocycles. The van der Waals surface area contributed by atoms with E-state index < -0.39 is 0 Å². The minimum atomic E-state index is 0.513. The molecule has 6 aromatic rings. The summed E-state index contributed by atoms with van der Waals surface area (Å²) in [5.41, 5.74) is 19.2. The molecule has 6 aromatic carbocycles. The van der Waals surface area contributed by atoms with Gasteiger partial charge in [-0.2, -0.15) is 0 Å². The van der Waals surface area contributed by atoms with Crippen LogP contribution in [0.4, 0.5) is 11.4 Å². The number of hydrogen-bond acceptors (Lipinski definition) is 1. The van der Waals surface area contributed by atoms with Crippen molar-refractivity contribution in [2.24, 2.45) is 0 Å². The fourth-order valence-corrected chi connectivity index (χ4v) is 8.09. The van der Waals surface area contributed by atoms with Crippen molar-refractivity contribution in [2.75, 3.05) is 4.90 Å². The zero-order valence-corrected chi connectivity index (χ0v) is 30.8. The largest absolute Gasteiger partial charge is 0.338 e. The second-order valence-corrected chi connectivity index (χ2v) is 14.8. The first-order valence-electron chi connectivity index (χ1n) is 18.8. The van der Waals surface area contributed by atoms with Crippen LogP contribution in [0.2, 0.25) is 0 Å². The van der Waals surface area contributed by atoms with Crippen LogP contribution in [0.15, 0.2) is 152 Å². The third kappa shape index (κ3) is 6.97. The lowest BCUT2D eigenvalue weighted by Gasteiger charge is -2.27. The van der Waals surface area contributed by atoms with Gasteiger partial charge in [-0.3, -0.25) is 0 Å². The number of anilines is 2. The Hall–Kier alpha value is -5.66. The maximum atomic E-state index is 2.63. The van der Waals surface area contributed by atoms with E-state index in [2.05, 4.69) is 196 Å². The van der Waals surface area contributed by atoms with Crippen molar-refractivity contribution >= 4 is 34.7 Å². The standard InChI is InChI=1S/C51H47N/c1-35-11-22-41(23-12-35)46(42-24-13-36(2)14-25-42)8-5-7-39-19-30-45(31-20-39)52-50-10-6-9-47(50)49-34-40(21-32-51(49)52)33-48(43-26-15-37(3)16-27-43)44-28-17-38(4)18-29-44/h5,7-8,11-34,47,50H,6,9-10H2,1-4H3. The lowest BCUT2D eigenvalue weighted by molar-refractivity contribution is 0.642. The van der Waals surface area contributed by atoms with E-state index in [0.717, 1.165) is 0 Å². The van der Waals surface area contributed by atoms with E-state index in [4.69, 9.17) is 0 Å². The van der Waals surface area contributed by atoms with Crippen molar-refractivity contribution < 1.29 is 0 Å². The van der Waals surface area contributed by atoms with Gasteiger partial charge in [0.05, 0.1) is 0 Å². The Labute approximate surface area is 310 Å². The normalized spacial score (nSPS) is 16.1. The molecule has 52 heavy (non-hydrogen) atoms. The molecule has 256 valence electrons. The first-order valence-corrected chi connectivity index (χ1v) is 18.8. The highest BCUT2D eigenvalue weighted by Gasteiger charge is 2.42. The van der Waals surface area contributed by atoms with E-state index in [1.54, 1.807) is 0 Å². The monoisotopic (exact) mass is 673 g/mol. The molecule has 1 heterocycles. The first kappa shape index (κ1) is 33.5. The molecule has 1 aliphatic heterocycles. The molecular weight excluding hydrogens is 627 g/mol. The number of rotatable bonds is 8. The fraction of sp³-hybridized carbons (Fsp3) is 0.176. The first-order chi connectivity index (χ1) is 25.4. The van der Waals surface area contributed by atoms with Crippen LogP contribution in [0.3, 0.4) is 0 Å². The number of nitrogens with zero attached hydrogens (tertiary/aromatic N) is 1. The average Bonchev–Trinajstić information content (AvgIpc) is 3.76. The number of hydrogen-bond donors (Lipinski definition) is 0. The van der Waals surface area contributed by atoms with E-state index in [9.17, 15) is 0 Å². The summed E-state index contributed by atoms with van der Waals surface area (Å²) < 4.78 is 0. The average molecular weight is 674 g/mol. The van der Waals surface area contributed by atoms with Gasteiger partial charge in [-0.1, -0.05) is 162 Å². The van der Waals surface area contributed by atoms with Crippen LogP contribution in [-0.2, 0) is 0 Å². The lowest BCUT2D eigenvalue weighted by Crippen LogP contribution is -2.26. The predicted octanol–water partition coefficient (Wildman–Crippen LogP) is 13.4. The Kier molecular flexibility index (Phi) is 9.35. The van der Waals surface area contributed by atoms with Crippen LogP contribution in [0.25, 0.3) is 23.3 Å². The van der Waals surface area contributed by atoms with Gasteiger partial charge in [-0.15, -0.1) is 0 Å². The molecule has 0 saturated heterocycles. The van der Waals surface area contributed by atoms with Crippen molar-refractivity contribution in [2.45, 2.75) is 58.9 Å². The lowest BCUT2D eigenvalue weighted by atomic mass is 9.92. The molecule has 1 fully saturated rings. The van der Waals surface area contributed by atoms with Gasteiger partial charge in [-0.25, -0.2) is 0 Å². The number of benzene rings is 6. The number of allylic oxidation sites excluding steroid dienone is 2. The third-order valence-electron chi connectivity index (χ3n) is 11.0. The molecule has 2 atom stereocenters. The van der Waals surface area contributed by atoms with Crippen LogP contribution < -0.4 is 4.90 Å². The summed E-state index contributed by atoms with van der Waals surface area (Å²) in [5.74, 6) is 0.567. The van der Waals surface area contributed by atoms with Gasteiger partial charge in [0, 0.05) is 23.3 Å². The zero-order chi connectivity index (χ0) is 35.6. The van der Waals surface area contributed by atoms with Crippen molar-refractivity contribution in [3.05, 3.63) is 213 Å². The zero-order valence-electron chi connectivity index (χ0n) is 30.8. The summed E-state index contributed by atoms with van der Waals surface area (Å²) >= 11 is 0. The Morgan fingerprint density at radius 1 is 0.519 bits per heavy atom. The van der Waals surface area contributed by atoms with Gasteiger partial charge in [-0.05, 0) is 121 Å². The SMILES string of the molecule is Cc1ccc(C(=CC=Cc2ccc(N3c4ccc(C=C(c5ccc(C)cc5)c5ccc(C)cc5)cc4C4CCCC43)cc2)c2ccc(C)cc2)cc1. The van der Waals surface area contributed by atoms with Crippen LogP contribution in [0, 0.1) is 27.7 Å². The Balaban J connectivity index is 1.08.